The number of hydrogen-bond donors (Lipinski definition) is 0. The molecule has 1 fully saturated rings. The summed E-state index contributed by atoms with van der Waals surface area (Å²) >= 11 is 0.945. The number of thioether (sulfide) groups is 1. The maximum absolute atomic E-state index is 12.8. The molecule has 0 radical (unpaired) electrons. The van der Waals surface area contributed by atoms with E-state index in [1.54, 1.807) is 37.7 Å². The van der Waals surface area contributed by atoms with E-state index in [1.807, 2.05) is 49.4 Å². The predicted molar refractivity (Wildman–Crippen MR) is 124 cm³/mol. The van der Waals surface area contributed by atoms with Crippen molar-refractivity contribution in [3.63, 3.8) is 0 Å². The zero-order valence-corrected chi connectivity index (χ0v) is 18.6. The molecule has 0 unspecified atom stereocenters. The maximum atomic E-state index is 12.8. The van der Waals surface area contributed by atoms with E-state index in [1.165, 1.54) is 4.90 Å². The van der Waals surface area contributed by atoms with Gasteiger partial charge in [0.15, 0.2) is 11.5 Å². The number of hydrogen-bond acceptors (Lipinski definition) is 6. The van der Waals surface area contributed by atoms with Gasteiger partial charge in [0.05, 0.1) is 18.6 Å². The molecule has 6 nitrogen and oxygen atoms in total. The van der Waals surface area contributed by atoms with Crippen LogP contribution < -0.4 is 9.47 Å². The molecule has 32 heavy (non-hydrogen) atoms. The van der Waals surface area contributed by atoms with Gasteiger partial charge in [-0.05, 0) is 65.7 Å². The molecule has 0 spiro atoms. The Morgan fingerprint density at radius 2 is 1.72 bits per heavy atom. The van der Waals surface area contributed by atoms with Gasteiger partial charge in [0.2, 0.25) is 0 Å². The Bertz CT molecular complexity index is 1160. The van der Waals surface area contributed by atoms with Crippen LogP contribution in [-0.4, -0.2) is 28.1 Å². The summed E-state index contributed by atoms with van der Waals surface area (Å²) in [6.45, 7) is 2.64. The molecule has 162 valence electrons. The summed E-state index contributed by atoms with van der Waals surface area (Å²) in [5.74, 6) is 0.846. The Labute approximate surface area is 190 Å². The fourth-order valence-electron chi connectivity index (χ4n) is 3.20. The highest BCUT2D eigenvalue weighted by atomic mass is 32.2. The van der Waals surface area contributed by atoms with Gasteiger partial charge in [0, 0.05) is 12.4 Å². The molecule has 7 heteroatoms. The van der Waals surface area contributed by atoms with Crippen LogP contribution in [0.3, 0.4) is 0 Å². The normalized spacial score (nSPS) is 14.8. The third kappa shape index (κ3) is 5.00. The van der Waals surface area contributed by atoms with Gasteiger partial charge in [0.1, 0.15) is 6.61 Å². The van der Waals surface area contributed by atoms with Crippen molar-refractivity contribution < 1.29 is 19.1 Å². The lowest BCUT2D eigenvalue weighted by Crippen LogP contribution is -2.27. The fraction of sp³-hybridized carbons (Fsp3) is 0.160. The zero-order valence-electron chi connectivity index (χ0n) is 17.8. The van der Waals surface area contributed by atoms with Gasteiger partial charge >= 0.3 is 0 Å². The number of methoxy groups -OCH3 is 1. The highest BCUT2D eigenvalue weighted by Gasteiger charge is 2.35. The van der Waals surface area contributed by atoms with Gasteiger partial charge in [0.25, 0.3) is 11.1 Å². The first-order valence-electron chi connectivity index (χ1n) is 10.0. The number of carbonyl (C=O) groups excluding carboxylic acids is 2. The predicted octanol–water partition coefficient (Wildman–Crippen LogP) is 5.21. The first-order chi connectivity index (χ1) is 15.5. The van der Waals surface area contributed by atoms with Crippen molar-refractivity contribution in [3.8, 4) is 11.5 Å². The van der Waals surface area contributed by atoms with E-state index in [-0.39, 0.29) is 17.7 Å². The van der Waals surface area contributed by atoms with Crippen molar-refractivity contribution in [1.82, 2.24) is 9.88 Å². The van der Waals surface area contributed by atoms with E-state index < -0.39 is 0 Å². The van der Waals surface area contributed by atoms with Gasteiger partial charge in [-0.3, -0.25) is 19.5 Å². The average molecular weight is 447 g/mol. The minimum Gasteiger partial charge on any atom is -0.493 e. The van der Waals surface area contributed by atoms with Crippen LogP contribution >= 0.6 is 11.8 Å². The molecule has 1 aliphatic rings. The number of aryl methyl sites for hydroxylation is 1. The van der Waals surface area contributed by atoms with E-state index in [0.717, 1.165) is 34.0 Å². The number of amides is 2. The molecule has 2 aromatic carbocycles. The van der Waals surface area contributed by atoms with E-state index in [2.05, 4.69) is 4.98 Å². The highest BCUT2D eigenvalue weighted by molar-refractivity contribution is 8.18. The van der Waals surface area contributed by atoms with Crippen LogP contribution in [0.1, 0.15) is 22.3 Å². The molecule has 0 bridgehead atoms. The van der Waals surface area contributed by atoms with E-state index in [4.69, 9.17) is 9.47 Å². The van der Waals surface area contributed by atoms with Gasteiger partial charge < -0.3 is 9.47 Å². The second kappa shape index (κ2) is 9.70. The Morgan fingerprint density at radius 1 is 0.969 bits per heavy atom. The van der Waals surface area contributed by atoms with E-state index >= 15 is 0 Å². The first-order valence-corrected chi connectivity index (χ1v) is 10.9. The molecule has 0 saturated carbocycles. The van der Waals surface area contributed by atoms with Crippen LogP contribution in [0, 0.1) is 6.92 Å². The molecule has 1 aromatic heterocycles. The molecule has 0 N–H and O–H groups in total. The summed E-state index contributed by atoms with van der Waals surface area (Å²) in [6.07, 6.45) is 5.13. The second-order valence-corrected chi connectivity index (χ2v) is 8.30. The molecule has 1 saturated heterocycles. The molecular formula is C25H22N2O4S. The minimum absolute atomic E-state index is 0.257. The smallest absolute Gasteiger partial charge is 0.293 e. The summed E-state index contributed by atoms with van der Waals surface area (Å²) in [4.78, 5) is 30.9. The first kappa shape index (κ1) is 21.6. The van der Waals surface area contributed by atoms with Crippen LogP contribution in [-0.2, 0) is 17.9 Å². The molecular weight excluding hydrogens is 424 g/mol. The Balaban J connectivity index is 1.48. The van der Waals surface area contributed by atoms with Crippen LogP contribution in [0.25, 0.3) is 6.08 Å². The topological polar surface area (TPSA) is 68.7 Å². The standard InChI is InChI=1S/C25H22N2O4S/c1-17-3-5-18(6-4-17)15-27-24(28)23(32-25(27)29)14-20-7-8-21(22(13-20)30-2)31-16-19-9-11-26-12-10-19/h3-14H,15-16H2,1-2H3/b23-14+. The summed E-state index contributed by atoms with van der Waals surface area (Å²) in [5.41, 5.74) is 3.79. The lowest BCUT2D eigenvalue weighted by atomic mass is 10.1. The molecule has 0 aliphatic carbocycles. The van der Waals surface area contributed by atoms with Crippen molar-refractivity contribution >= 4 is 29.0 Å². The monoisotopic (exact) mass is 446 g/mol. The Kier molecular flexibility index (Phi) is 6.56. The van der Waals surface area contributed by atoms with Crippen molar-refractivity contribution in [2.24, 2.45) is 0 Å². The van der Waals surface area contributed by atoms with Gasteiger partial charge in [-0.2, -0.15) is 0 Å². The highest BCUT2D eigenvalue weighted by Crippen LogP contribution is 2.35. The molecule has 0 atom stereocenters. The number of aromatic nitrogens is 1. The molecule has 3 aromatic rings. The Hall–Kier alpha value is -3.58. The van der Waals surface area contributed by atoms with E-state index in [0.29, 0.717) is 23.0 Å². The Morgan fingerprint density at radius 3 is 2.44 bits per heavy atom. The summed E-state index contributed by atoms with van der Waals surface area (Å²) in [5, 5.41) is -0.272. The van der Waals surface area contributed by atoms with Crippen molar-refractivity contribution in [2.45, 2.75) is 20.1 Å². The minimum atomic E-state index is -0.294. The lowest BCUT2D eigenvalue weighted by molar-refractivity contribution is -0.123. The largest absolute Gasteiger partial charge is 0.493 e. The second-order valence-electron chi connectivity index (χ2n) is 7.31. The summed E-state index contributed by atoms with van der Waals surface area (Å²) in [7, 11) is 1.56. The molecule has 2 amide bonds. The number of imide groups is 1. The molecule has 2 heterocycles. The van der Waals surface area contributed by atoms with Crippen LogP contribution in [0.15, 0.2) is 71.9 Å². The van der Waals surface area contributed by atoms with E-state index in [9.17, 15) is 9.59 Å². The average Bonchev–Trinajstić information content (AvgIpc) is 3.07. The summed E-state index contributed by atoms with van der Waals surface area (Å²) < 4.78 is 11.3. The van der Waals surface area contributed by atoms with Crippen molar-refractivity contribution in [2.75, 3.05) is 7.11 Å². The molecule has 4 rings (SSSR count). The van der Waals surface area contributed by atoms with Gasteiger partial charge in [-0.15, -0.1) is 0 Å². The third-order valence-electron chi connectivity index (χ3n) is 4.96. The zero-order chi connectivity index (χ0) is 22.5. The number of carbonyl (C=O) groups is 2. The number of nitrogens with zero attached hydrogens (tertiary/aromatic N) is 2. The van der Waals surface area contributed by atoms with Gasteiger partial charge in [-0.25, -0.2) is 0 Å². The SMILES string of the molecule is COc1cc(/C=C2/SC(=O)N(Cc3ccc(C)cc3)C2=O)ccc1OCc1ccncc1. The molecule has 1 aliphatic heterocycles. The maximum Gasteiger partial charge on any atom is 0.293 e. The van der Waals surface area contributed by atoms with Crippen LogP contribution in [0.2, 0.25) is 0 Å². The number of ether oxygens (including phenoxy) is 2. The fourth-order valence-corrected chi connectivity index (χ4v) is 4.04. The van der Waals surface area contributed by atoms with Gasteiger partial charge in [-0.1, -0.05) is 35.9 Å². The number of benzene rings is 2. The number of rotatable bonds is 7. The van der Waals surface area contributed by atoms with Crippen molar-refractivity contribution in [3.05, 3.63) is 94.1 Å². The third-order valence-corrected chi connectivity index (χ3v) is 5.87. The van der Waals surface area contributed by atoms with Crippen LogP contribution in [0.5, 0.6) is 11.5 Å². The van der Waals surface area contributed by atoms with Crippen molar-refractivity contribution in [1.29, 1.82) is 0 Å². The van der Waals surface area contributed by atoms with Crippen LogP contribution in [0.4, 0.5) is 4.79 Å². The lowest BCUT2D eigenvalue weighted by Gasteiger charge is -2.13. The summed E-state index contributed by atoms with van der Waals surface area (Å²) in [6, 6.07) is 17.0. The quantitative estimate of drug-likeness (QED) is 0.464. The number of pyridine rings is 1.